The van der Waals surface area contributed by atoms with Gasteiger partial charge in [0.2, 0.25) is 0 Å². The Morgan fingerprint density at radius 3 is 2.65 bits per heavy atom. The summed E-state index contributed by atoms with van der Waals surface area (Å²) in [5.41, 5.74) is 1.73. The molecule has 2 aliphatic carbocycles. The molecule has 0 spiro atoms. The van der Waals surface area contributed by atoms with Crippen LogP contribution in [0.2, 0.25) is 0 Å². The molecule has 3 aliphatic rings. The molecule has 3 unspecified atom stereocenters. The monoisotopic (exact) mass is 316 g/mol. The largest absolute Gasteiger partial charge is 0.508 e. The highest BCUT2D eigenvalue weighted by Gasteiger charge is 2.47. The number of benzene rings is 1. The highest BCUT2D eigenvalue weighted by Crippen LogP contribution is 2.56. The van der Waals surface area contributed by atoms with Crippen LogP contribution < -0.4 is 10.6 Å². The van der Waals surface area contributed by atoms with E-state index in [9.17, 15) is 10.2 Å². The molecule has 2 saturated carbocycles. The fourth-order valence-electron chi connectivity index (χ4n) is 4.67. The molecule has 4 rings (SSSR count). The van der Waals surface area contributed by atoms with Gasteiger partial charge in [0, 0.05) is 6.07 Å². The van der Waals surface area contributed by atoms with Crippen molar-refractivity contribution >= 4 is 11.4 Å². The van der Waals surface area contributed by atoms with E-state index in [0.29, 0.717) is 0 Å². The summed E-state index contributed by atoms with van der Waals surface area (Å²) in [5, 5.41) is 26.2. The molecule has 0 amide bonds. The normalized spacial score (nSPS) is 34.2. The topological polar surface area (TPSA) is 64.5 Å². The first-order valence-corrected chi connectivity index (χ1v) is 9.25. The minimum Gasteiger partial charge on any atom is -0.508 e. The number of aliphatic hydroxyl groups excluding tert-OH is 1. The van der Waals surface area contributed by atoms with Gasteiger partial charge >= 0.3 is 0 Å². The van der Waals surface area contributed by atoms with Crippen LogP contribution in [0.3, 0.4) is 0 Å². The van der Waals surface area contributed by atoms with Gasteiger partial charge in [-0.1, -0.05) is 25.7 Å². The number of unbranched alkanes of at least 4 members (excludes halogenated alkanes) is 2. The maximum Gasteiger partial charge on any atom is 0.144 e. The Kier molecular flexibility index (Phi) is 4.10. The van der Waals surface area contributed by atoms with Gasteiger partial charge in [0.1, 0.15) is 12.0 Å². The highest BCUT2D eigenvalue weighted by atomic mass is 16.3. The zero-order valence-corrected chi connectivity index (χ0v) is 13.7. The molecule has 1 aromatic rings. The molecule has 1 aromatic carbocycles. The molecule has 0 radical (unpaired) electrons. The maximum atomic E-state index is 10.2. The van der Waals surface area contributed by atoms with E-state index in [1.54, 1.807) is 12.1 Å². The first-order valence-electron chi connectivity index (χ1n) is 9.25. The van der Waals surface area contributed by atoms with Crippen molar-refractivity contribution in [1.82, 2.24) is 0 Å². The first-order chi connectivity index (χ1) is 11.2. The molecule has 2 fully saturated rings. The van der Waals surface area contributed by atoms with Crippen LogP contribution in [0.5, 0.6) is 5.75 Å². The van der Waals surface area contributed by atoms with Gasteiger partial charge in [0.15, 0.2) is 0 Å². The molecule has 23 heavy (non-hydrogen) atoms. The van der Waals surface area contributed by atoms with Crippen molar-refractivity contribution in [3.05, 3.63) is 18.2 Å². The van der Waals surface area contributed by atoms with Gasteiger partial charge < -0.3 is 20.8 Å². The molecular weight excluding hydrogens is 288 g/mol. The number of fused-ring (bicyclic) bond motifs is 2. The van der Waals surface area contributed by atoms with Crippen LogP contribution in [0.4, 0.5) is 11.4 Å². The molecule has 4 nitrogen and oxygen atoms in total. The van der Waals surface area contributed by atoms with E-state index in [4.69, 9.17) is 0 Å². The lowest BCUT2D eigenvalue weighted by molar-refractivity contribution is 0.171. The van der Waals surface area contributed by atoms with Crippen molar-refractivity contribution in [1.29, 1.82) is 0 Å². The summed E-state index contributed by atoms with van der Waals surface area (Å²) >= 11 is 0. The number of nitrogens with one attached hydrogen (secondary N) is 2. The van der Waals surface area contributed by atoms with E-state index >= 15 is 0 Å². The zero-order valence-electron chi connectivity index (χ0n) is 13.7. The third kappa shape index (κ3) is 3.27. The summed E-state index contributed by atoms with van der Waals surface area (Å²) < 4.78 is 0. The van der Waals surface area contributed by atoms with Crippen molar-refractivity contribution in [2.24, 2.45) is 17.8 Å². The Morgan fingerprint density at radius 1 is 1.00 bits per heavy atom. The number of aromatic hydroxyl groups is 1. The number of anilines is 2. The smallest absolute Gasteiger partial charge is 0.144 e. The Labute approximate surface area is 138 Å². The van der Waals surface area contributed by atoms with Crippen molar-refractivity contribution in [3.63, 3.8) is 0 Å². The third-order valence-corrected chi connectivity index (χ3v) is 6.11. The van der Waals surface area contributed by atoms with Crippen LogP contribution in [-0.4, -0.2) is 22.5 Å². The zero-order chi connectivity index (χ0) is 15.8. The summed E-state index contributed by atoms with van der Waals surface area (Å²) in [4.78, 5) is 0. The summed E-state index contributed by atoms with van der Waals surface area (Å²) in [7, 11) is 0. The minimum atomic E-state index is -0.591. The average Bonchev–Trinajstić information content (AvgIpc) is 3.21. The van der Waals surface area contributed by atoms with E-state index < -0.39 is 6.23 Å². The van der Waals surface area contributed by atoms with E-state index in [-0.39, 0.29) is 11.8 Å². The Balaban J connectivity index is 1.19. The average molecular weight is 316 g/mol. The van der Waals surface area contributed by atoms with Gasteiger partial charge in [-0.25, -0.2) is 0 Å². The fourth-order valence-corrected chi connectivity index (χ4v) is 4.67. The first kappa shape index (κ1) is 15.1. The molecule has 0 saturated heterocycles. The van der Waals surface area contributed by atoms with E-state index in [2.05, 4.69) is 10.6 Å². The van der Waals surface area contributed by atoms with Crippen molar-refractivity contribution in [2.75, 3.05) is 10.6 Å². The number of hydrogen-bond acceptors (Lipinski definition) is 4. The standard InChI is InChI=1S/C19H28N2O2/c22-14-8-9-16-18(11-14)21-19(23)17(20-16)5-3-1-2-4-12-6-7-13-10-15(12)13/h8-9,11-13,15,17,19-23H,1-7,10H2/t12-,13-,15?,17?,19?/m0/s1. The SMILES string of the molecule is Oc1ccc2c(c1)NC(O)C(CCCCC[C@H]1CC[C@H]3CC13)N2. The van der Waals surface area contributed by atoms with Gasteiger partial charge in [-0.15, -0.1) is 0 Å². The number of phenolic OH excluding ortho intramolecular Hbond substituents is 1. The van der Waals surface area contributed by atoms with Gasteiger partial charge in [-0.3, -0.25) is 0 Å². The number of phenols is 1. The van der Waals surface area contributed by atoms with E-state index in [0.717, 1.165) is 42.0 Å². The lowest BCUT2D eigenvalue weighted by Crippen LogP contribution is -2.42. The lowest BCUT2D eigenvalue weighted by atomic mass is 9.95. The Morgan fingerprint density at radius 2 is 1.87 bits per heavy atom. The van der Waals surface area contributed by atoms with Crippen LogP contribution in [0.25, 0.3) is 0 Å². The number of aliphatic hydroxyl groups is 1. The third-order valence-electron chi connectivity index (χ3n) is 6.11. The molecule has 0 aromatic heterocycles. The Hall–Kier alpha value is -1.42. The second-order valence-electron chi connectivity index (χ2n) is 7.70. The van der Waals surface area contributed by atoms with Gasteiger partial charge in [-0.2, -0.15) is 0 Å². The minimum absolute atomic E-state index is 0.0475. The second kappa shape index (κ2) is 6.23. The predicted molar refractivity (Wildman–Crippen MR) is 92.6 cm³/mol. The van der Waals surface area contributed by atoms with Crippen molar-refractivity contribution in [2.45, 2.75) is 63.6 Å². The van der Waals surface area contributed by atoms with Crippen LogP contribution >= 0.6 is 0 Å². The number of hydrogen-bond donors (Lipinski definition) is 4. The van der Waals surface area contributed by atoms with Crippen LogP contribution in [0, 0.1) is 17.8 Å². The van der Waals surface area contributed by atoms with E-state index in [1.165, 1.54) is 38.5 Å². The summed E-state index contributed by atoms with van der Waals surface area (Å²) in [6.45, 7) is 0. The lowest BCUT2D eigenvalue weighted by Gasteiger charge is -2.33. The summed E-state index contributed by atoms with van der Waals surface area (Å²) in [5.74, 6) is 3.44. The van der Waals surface area contributed by atoms with Gasteiger partial charge in [0.25, 0.3) is 0 Å². The van der Waals surface area contributed by atoms with Crippen LogP contribution in [-0.2, 0) is 0 Å². The second-order valence-corrected chi connectivity index (χ2v) is 7.70. The van der Waals surface area contributed by atoms with Crippen LogP contribution in [0.1, 0.15) is 51.4 Å². The quantitative estimate of drug-likeness (QED) is 0.474. The molecule has 126 valence electrons. The summed E-state index contributed by atoms with van der Waals surface area (Å²) in [6, 6.07) is 5.23. The molecule has 4 heteroatoms. The van der Waals surface area contributed by atoms with Crippen molar-refractivity contribution < 1.29 is 10.2 Å². The van der Waals surface area contributed by atoms with Crippen LogP contribution in [0.15, 0.2) is 18.2 Å². The molecular formula is C19H28N2O2. The van der Waals surface area contributed by atoms with Crippen molar-refractivity contribution in [3.8, 4) is 5.75 Å². The summed E-state index contributed by atoms with van der Waals surface area (Å²) in [6.07, 6.45) is 10.1. The number of rotatable bonds is 6. The molecule has 1 heterocycles. The fraction of sp³-hybridized carbons (Fsp3) is 0.684. The Bertz CT molecular complexity index is 562. The predicted octanol–water partition coefficient (Wildman–Crippen LogP) is 3.91. The highest BCUT2D eigenvalue weighted by molar-refractivity contribution is 5.73. The molecule has 1 aliphatic heterocycles. The van der Waals surface area contributed by atoms with Gasteiger partial charge in [0.05, 0.1) is 17.4 Å². The molecule has 5 atom stereocenters. The van der Waals surface area contributed by atoms with E-state index in [1.807, 2.05) is 6.07 Å². The van der Waals surface area contributed by atoms with Gasteiger partial charge in [-0.05, 0) is 55.6 Å². The maximum absolute atomic E-state index is 10.2. The molecule has 0 bridgehead atoms. The molecule has 4 N–H and O–H groups in total.